The maximum absolute atomic E-state index is 12.5. The van der Waals surface area contributed by atoms with Crippen molar-refractivity contribution in [3.05, 3.63) is 0 Å². The first kappa shape index (κ1) is 14.0. The number of amides is 1. The van der Waals surface area contributed by atoms with E-state index in [9.17, 15) is 4.79 Å². The lowest BCUT2D eigenvalue weighted by atomic mass is 9.74. The molecule has 96 valence electrons. The van der Waals surface area contributed by atoms with Crippen molar-refractivity contribution in [1.29, 1.82) is 5.26 Å². The van der Waals surface area contributed by atoms with Gasteiger partial charge in [-0.1, -0.05) is 0 Å². The summed E-state index contributed by atoms with van der Waals surface area (Å²) in [4.78, 5) is 14.4. The van der Waals surface area contributed by atoms with Gasteiger partial charge in [-0.25, -0.2) is 0 Å². The molecule has 4 nitrogen and oxygen atoms in total. The molecule has 0 bridgehead atoms. The molecule has 1 fully saturated rings. The molecule has 1 aliphatic carbocycles. The molecule has 1 saturated carbocycles. The summed E-state index contributed by atoms with van der Waals surface area (Å²) in [6, 6.07) is 2.43. The van der Waals surface area contributed by atoms with Crippen molar-refractivity contribution in [3.8, 4) is 6.07 Å². The lowest BCUT2D eigenvalue weighted by molar-refractivity contribution is -0.144. The predicted octanol–water partition coefficient (Wildman–Crippen LogP) is 1.65. The minimum absolute atomic E-state index is 0.0720. The molecule has 0 radical (unpaired) electrons. The van der Waals surface area contributed by atoms with E-state index in [1.165, 1.54) is 0 Å². The van der Waals surface area contributed by atoms with Gasteiger partial charge in [-0.3, -0.25) is 4.79 Å². The Labute approximate surface area is 104 Å². The second-order valence-electron chi connectivity index (χ2n) is 5.98. The highest BCUT2D eigenvalue weighted by atomic mass is 16.2. The van der Waals surface area contributed by atoms with Gasteiger partial charge in [0.1, 0.15) is 0 Å². The summed E-state index contributed by atoms with van der Waals surface area (Å²) in [5.74, 6) is 0.0720. The minimum Gasteiger partial charge on any atom is -0.338 e. The van der Waals surface area contributed by atoms with Gasteiger partial charge in [0, 0.05) is 18.1 Å². The maximum Gasteiger partial charge on any atom is 0.230 e. The fraction of sp³-hybridized carbons (Fsp3) is 0.846. The zero-order valence-electron chi connectivity index (χ0n) is 11.3. The summed E-state index contributed by atoms with van der Waals surface area (Å²) >= 11 is 0. The molecule has 0 spiro atoms. The highest BCUT2D eigenvalue weighted by molar-refractivity contribution is 5.84. The van der Waals surface area contributed by atoms with E-state index in [1.54, 1.807) is 0 Å². The summed E-state index contributed by atoms with van der Waals surface area (Å²) in [5.41, 5.74) is 4.92. The summed E-state index contributed by atoms with van der Waals surface area (Å²) in [7, 11) is 0. The zero-order chi connectivity index (χ0) is 13.3. The Morgan fingerprint density at radius 2 is 1.94 bits per heavy atom. The van der Waals surface area contributed by atoms with Gasteiger partial charge in [0.25, 0.3) is 0 Å². The largest absolute Gasteiger partial charge is 0.338 e. The quantitative estimate of drug-likeness (QED) is 0.790. The van der Waals surface area contributed by atoms with Crippen LogP contribution in [0.1, 0.15) is 47.0 Å². The second-order valence-corrected chi connectivity index (χ2v) is 5.98. The van der Waals surface area contributed by atoms with Crippen molar-refractivity contribution in [3.63, 3.8) is 0 Å². The number of carbonyl (C=O) groups is 1. The maximum atomic E-state index is 12.5. The molecular weight excluding hydrogens is 214 g/mol. The molecule has 0 unspecified atom stereocenters. The zero-order valence-corrected chi connectivity index (χ0v) is 11.3. The Balaban J connectivity index is 2.81. The third kappa shape index (κ3) is 2.98. The first-order chi connectivity index (χ1) is 7.71. The van der Waals surface area contributed by atoms with Crippen LogP contribution >= 0.6 is 0 Å². The Bertz CT molecular complexity index is 332. The number of carbonyl (C=O) groups excluding carboxylic acids is 1. The van der Waals surface area contributed by atoms with E-state index in [0.717, 1.165) is 12.8 Å². The van der Waals surface area contributed by atoms with E-state index >= 15 is 0 Å². The average molecular weight is 237 g/mol. The first-order valence-electron chi connectivity index (χ1n) is 6.18. The standard InChI is InChI=1S/C13H23N3O/c1-12(2,13(3,4)15)11(17)16(9-5-8-14)10-6-7-10/h10H,5-7,9,15H2,1-4H3. The normalized spacial score (nSPS) is 16.5. The van der Waals surface area contributed by atoms with E-state index in [2.05, 4.69) is 6.07 Å². The van der Waals surface area contributed by atoms with Crippen LogP contribution in [-0.2, 0) is 4.79 Å². The molecule has 1 aliphatic rings. The van der Waals surface area contributed by atoms with Gasteiger partial charge in [0.05, 0.1) is 17.9 Å². The summed E-state index contributed by atoms with van der Waals surface area (Å²) < 4.78 is 0. The second kappa shape index (κ2) is 4.66. The van der Waals surface area contributed by atoms with Gasteiger partial charge < -0.3 is 10.6 Å². The van der Waals surface area contributed by atoms with Crippen molar-refractivity contribution in [2.75, 3.05) is 6.54 Å². The van der Waals surface area contributed by atoms with Crippen molar-refractivity contribution in [2.24, 2.45) is 11.1 Å². The molecule has 0 atom stereocenters. The summed E-state index contributed by atoms with van der Waals surface area (Å²) in [5, 5.41) is 8.65. The fourth-order valence-electron chi connectivity index (χ4n) is 1.64. The molecule has 0 aromatic rings. The van der Waals surface area contributed by atoms with Crippen LogP contribution in [0.15, 0.2) is 0 Å². The number of nitriles is 1. The van der Waals surface area contributed by atoms with E-state index in [0.29, 0.717) is 19.0 Å². The summed E-state index contributed by atoms with van der Waals surface area (Å²) in [6.07, 6.45) is 2.50. The van der Waals surface area contributed by atoms with Gasteiger partial charge in [-0.2, -0.15) is 5.26 Å². The first-order valence-corrected chi connectivity index (χ1v) is 6.18. The molecule has 1 amide bonds. The average Bonchev–Trinajstić information content (AvgIpc) is 3.00. The Kier molecular flexibility index (Phi) is 3.83. The molecule has 0 heterocycles. The van der Waals surface area contributed by atoms with Crippen LogP contribution in [0.4, 0.5) is 0 Å². The van der Waals surface area contributed by atoms with Crippen LogP contribution in [0.5, 0.6) is 0 Å². The van der Waals surface area contributed by atoms with Gasteiger partial charge in [-0.05, 0) is 40.5 Å². The topological polar surface area (TPSA) is 70.1 Å². The van der Waals surface area contributed by atoms with E-state index < -0.39 is 11.0 Å². The third-order valence-electron chi connectivity index (χ3n) is 3.86. The Morgan fingerprint density at radius 1 is 1.41 bits per heavy atom. The van der Waals surface area contributed by atoms with E-state index in [4.69, 9.17) is 11.0 Å². The van der Waals surface area contributed by atoms with Crippen molar-refractivity contribution >= 4 is 5.91 Å². The molecule has 0 aliphatic heterocycles. The molecule has 1 rings (SSSR count). The number of nitrogens with two attached hydrogens (primary N) is 1. The predicted molar refractivity (Wildman–Crippen MR) is 67.0 cm³/mol. The molecule has 2 N–H and O–H groups in total. The molecule has 17 heavy (non-hydrogen) atoms. The third-order valence-corrected chi connectivity index (χ3v) is 3.86. The summed E-state index contributed by atoms with van der Waals surface area (Å²) in [6.45, 7) is 8.05. The van der Waals surface area contributed by atoms with E-state index in [-0.39, 0.29) is 5.91 Å². The molecule has 0 saturated heterocycles. The number of hydrogen-bond donors (Lipinski definition) is 1. The Hall–Kier alpha value is -1.08. The SMILES string of the molecule is CC(C)(N)C(C)(C)C(=O)N(CCC#N)C1CC1. The van der Waals surface area contributed by atoms with Crippen molar-refractivity contribution in [2.45, 2.75) is 58.5 Å². The van der Waals surface area contributed by atoms with E-state index in [1.807, 2.05) is 32.6 Å². The lowest BCUT2D eigenvalue weighted by Gasteiger charge is -2.40. The molecular formula is C13H23N3O. The lowest BCUT2D eigenvalue weighted by Crippen LogP contribution is -2.57. The smallest absolute Gasteiger partial charge is 0.230 e. The molecule has 4 heteroatoms. The number of nitrogens with zero attached hydrogens (tertiary/aromatic N) is 2. The Morgan fingerprint density at radius 3 is 2.29 bits per heavy atom. The number of hydrogen-bond acceptors (Lipinski definition) is 3. The van der Waals surface area contributed by atoms with Crippen molar-refractivity contribution < 1.29 is 4.79 Å². The van der Waals surface area contributed by atoms with Gasteiger partial charge in [0.15, 0.2) is 0 Å². The monoisotopic (exact) mass is 237 g/mol. The van der Waals surface area contributed by atoms with Gasteiger partial charge in [0.2, 0.25) is 5.91 Å². The van der Waals surface area contributed by atoms with Crippen molar-refractivity contribution in [1.82, 2.24) is 4.90 Å². The number of rotatable bonds is 5. The molecule has 0 aromatic heterocycles. The van der Waals surface area contributed by atoms with Gasteiger partial charge in [-0.15, -0.1) is 0 Å². The minimum atomic E-state index is -0.606. The van der Waals surface area contributed by atoms with Crippen LogP contribution in [0.3, 0.4) is 0 Å². The fourth-order valence-corrected chi connectivity index (χ4v) is 1.64. The highest BCUT2D eigenvalue weighted by Gasteiger charge is 2.45. The highest BCUT2D eigenvalue weighted by Crippen LogP contribution is 2.35. The van der Waals surface area contributed by atoms with Crippen LogP contribution in [0.2, 0.25) is 0 Å². The van der Waals surface area contributed by atoms with Gasteiger partial charge >= 0.3 is 0 Å². The molecule has 0 aromatic carbocycles. The van der Waals surface area contributed by atoms with Crippen LogP contribution in [-0.4, -0.2) is 28.9 Å². The van der Waals surface area contributed by atoms with Crippen LogP contribution in [0.25, 0.3) is 0 Å². The van der Waals surface area contributed by atoms with Crippen LogP contribution in [0, 0.1) is 16.7 Å². The van der Waals surface area contributed by atoms with Crippen LogP contribution < -0.4 is 5.73 Å².